The van der Waals surface area contributed by atoms with E-state index in [1.165, 1.54) is 0 Å². The highest BCUT2D eigenvalue weighted by Crippen LogP contribution is 2.20. The Bertz CT molecular complexity index is 1040. The van der Waals surface area contributed by atoms with Crippen LogP contribution in [0.1, 0.15) is 28.8 Å². The summed E-state index contributed by atoms with van der Waals surface area (Å²) in [4.78, 5) is 27.2. The lowest BCUT2D eigenvalue weighted by atomic mass is 10.0. The topological polar surface area (TPSA) is 58.6 Å². The summed E-state index contributed by atoms with van der Waals surface area (Å²) >= 11 is 0. The molecule has 0 bridgehead atoms. The second-order valence-electron chi connectivity index (χ2n) is 8.10. The number of rotatable bonds is 6. The van der Waals surface area contributed by atoms with Crippen molar-refractivity contribution in [2.75, 3.05) is 20.2 Å². The van der Waals surface area contributed by atoms with E-state index >= 15 is 0 Å². The number of carbonyl (C=O) groups is 2. The van der Waals surface area contributed by atoms with Gasteiger partial charge >= 0.3 is 0 Å². The molecule has 1 N–H and O–H groups in total. The van der Waals surface area contributed by atoms with Crippen LogP contribution in [-0.4, -0.2) is 43.0 Å². The first-order chi connectivity index (χ1) is 15.6. The van der Waals surface area contributed by atoms with E-state index in [1.807, 2.05) is 71.6 Å². The summed E-state index contributed by atoms with van der Waals surface area (Å²) in [5.74, 6) is 0.844. The molecule has 3 aromatic carbocycles. The Morgan fingerprint density at radius 3 is 2.12 bits per heavy atom. The first-order valence-corrected chi connectivity index (χ1v) is 11.0. The molecule has 1 heterocycles. The predicted molar refractivity (Wildman–Crippen MR) is 126 cm³/mol. The number of nitrogens with one attached hydrogen (secondary N) is 1. The lowest BCUT2D eigenvalue weighted by Crippen LogP contribution is -2.46. The smallest absolute Gasteiger partial charge is 0.251 e. The standard InChI is InChI=1S/C27H28N2O3/c1-32-25-13-7-20(8-14-25)19-26(30)29-17-15-24(16-18-29)28-27(31)23-11-9-22(10-12-23)21-5-3-2-4-6-21/h2-14,24H,15-19H2,1H3,(H,28,31). The van der Waals surface area contributed by atoms with E-state index in [-0.39, 0.29) is 17.9 Å². The van der Waals surface area contributed by atoms with Crippen molar-refractivity contribution in [2.24, 2.45) is 0 Å². The van der Waals surface area contributed by atoms with Crippen LogP contribution in [0.3, 0.4) is 0 Å². The first kappa shape index (κ1) is 21.6. The lowest BCUT2D eigenvalue weighted by Gasteiger charge is -2.32. The molecule has 1 aliphatic rings. The van der Waals surface area contributed by atoms with E-state index in [4.69, 9.17) is 4.74 Å². The fourth-order valence-corrected chi connectivity index (χ4v) is 4.02. The van der Waals surface area contributed by atoms with Gasteiger partial charge in [0, 0.05) is 24.7 Å². The zero-order chi connectivity index (χ0) is 22.3. The molecule has 0 spiro atoms. The van der Waals surface area contributed by atoms with Gasteiger partial charge in [0.05, 0.1) is 13.5 Å². The van der Waals surface area contributed by atoms with Gasteiger partial charge in [-0.3, -0.25) is 9.59 Å². The monoisotopic (exact) mass is 428 g/mol. The highest BCUT2D eigenvalue weighted by Gasteiger charge is 2.24. The minimum atomic E-state index is -0.0624. The van der Waals surface area contributed by atoms with Gasteiger partial charge in [0.15, 0.2) is 0 Å². The van der Waals surface area contributed by atoms with Gasteiger partial charge < -0.3 is 15.0 Å². The summed E-state index contributed by atoms with van der Waals surface area (Å²) in [7, 11) is 1.63. The van der Waals surface area contributed by atoms with Gasteiger partial charge in [-0.1, -0.05) is 54.6 Å². The second kappa shape index (κ2) is 10.1. The van der Waals surface area contributed by atoms with Gasteiger partial charge in [-0.05, 0) is 53.8 Å². The third kappa shape index (κ3) is 5.35. The van der Waals surface area contributed by atoms with Crippen molar-refractivity contribution in [1.29, 1.82) is 0 Å². The van der Waals surface area contributed by atoms with Crippen LogP contribution in [0.4, 0.5) is 0 Å². The Hall–Kier alpha value is -3.60. The van der Waals surface area contributed by atoms with E-state index in [9.17, 15) is 9.59 Å². The van der Waals surface area contributed by atoms with Crippen LogP contribution in [0.25, 0.3) is 11.1 Å². The molecule has 0 atom stereocenters. The van der Waals surface area contributed by atoms with Gasteiger partial charge in [0.1, 0.15) is 5.75 Å². The molecule has 1 aliphatic heterocycles. The number of likely N-dealkylation sites (tertiary alicyclic amines) is 1. The van der Waals surface area contributed by atoms with E-state index in [0.29, 0.717) is 25.1 Å². The van der Waals surface area contributed by atoms with Crippen molar-refractivity contribution in [1.82, 2.24) is 10.2 Å². The number of nitrogens with zero attached hydrogens (tertiary/aromatic N) is 1. The highest BCUT2D eigenvalue weighted by molar-refractivity contribution is 5.95. The zero-order valence-corrected chi connectivity index (χ0v) is 18.3. The van der Waals surface area contributed by atoms with Crippen LogP contribution in [0.2, 0.25) is 0 Å². The van der Waals surface area contributed by atoms with Gasteiger partial charge in [-0.15, -0.1) is 0 Å². The van der Waals surface area contributed by atoms with Gasteiger partial charge in [-0.2, -0.15) is 0 Å². The molecule has 32 heavy (non-hydrogen) atoms. The maximum absolute atomic E-state index is 12.7. The molecule has 1 saturated heterocycles. The molecule has 4 rings (SSSR count). The quantitative estimate of drug-likeness (QED) is 0.636. The number of piperidine rings is 1. The SMILES string of the molecule is COc1ccc(CC(=O)N2CCC(NC(=O)c3ccc(-c4ccccc4)cc3)CC2)cc1. The summed E-state index contributed by atoms with van der Waals surface area (Å²) in [6.07, 6.45) is 1.92. The summed E-state index contributed by atoms with van der Waals surface area (Å²) in [6.45, 7) is 1.32. The molecule has 0 radical (unpaired) electrons. The molecule has 164 valence electrons. The summed E-state index contributed by atoms with van der Waals surface area (Å²) < 4.78 is 5.16. The molecule has 0 saturated carbocycles. The Balaban J connectivity index is 1.26. The van der Waals surface area contributed by atoms with Crippen LogP contribution in [0.15, 0.2) is 78.9 Å². The van der Waals surface area contributed by atoms with Crippen LogP contribution in [-0.2, 0) is 11.2 Å². The largest absolute Gasteiger partial charge is 0.497 e. The van der Waals surface area contributed by atoms with Gasteiger partial charge in [0.25, 0.3) is 5.91 Å². The Morgan fingerprint density at radius 2 is 1.50 bits per heavy atom. The molecular formula is C27H28N2O3. The maximum Gasteiger partial charge on any atom is 0.251 e. The Kier molecular flexibility index (Phi) is 6.85. The normalized spacial score (nSPS) is 14.1. The molecule has 1 fully saturated rings. The summed E-state index contributed by atoms with van der Waals surface area (Å²) in [5, 5.41) is 3.13. The molecule has 3 aromatic rings. The van der Waals surface area contributed by atoms with Crippen molar-refractivity contribution in [3.63, 3.8) is 0 Å². The van der Waals surface area contributed by atoms with Crippen LogP contribution in [0.5, 0.6) is 5.75 Å². The molecule has 5 heteroatoms. The van der Waals surface area contributed by atoms with Crippen molar-refractivity contribution in [3.8, 4) is 16.9 Å². The number of methoxy groups -OCH3 is 1. The van der Waals surface area contributed by atoms with E-state index in [2.05, 4.69) is 17.4 Å². The number of ether oxygens (including phenoxy) is 1. The number of benzene rings is 3. The van der Waals surface area contributed by atoms with Crippen LogP contribution < -0.4 is 10.1 Å². The van der Waals surface area contributed by atoms with Crippen LogP contribution >= 0.6 is 0 Å². The second-order valence-corrected chi connectivity index (χ2v) is 8.10. The number of hydrogen-bond acceptors (Lipinski definition) is 3. The number of carbonyl (C=O) groups excluding carboxylic acids is 2. The van der Waals surface area contributed by atoms with Crippen LogP contribution in [0, 0.1) is 0 Å². The molecule has 0 unspecified atom stereocenters. The minimum Gasteiger partial charge on any atom is -0.497 e. The maximum atomic E-state index is 12.7. The van der Waals surface area contributed by atoms with Gasteiger partial charge in [0.2, 0.25) is 5.91 Å². The highest BCUT2D eigenvalue weighted by atomic mass is 16.5. The summed E-state index contributed by atoms with van der Waals surface area (Å²) in [5.41, 5.74) is 3.85. The van der Waals surface area contributed by atoms with E-state index < -0.39 is 0 Å². The fourth-order valence-electron chi connectivity index (χ4n) is 4.02. The van der Waals surface area contributed by atoms with E-state index in [0.717, 1.165) is 35.3 Å². The Morgan fingerprint density at radius 1 is 0.875 bits per heavy atom. The average molecular weight is 429 g/mol. The number of amides is 2. The van der Waals surface area contributed by atoms with Crippen molar-refractivity contribution in [2.45, 2.75) is 25.3 Å². The minimum absolute atomic E-state index is 0.0624. The molecule has 2 amide bonds. The van der Waals surface area contributed by atoms with Gasteiger partial charge in [-0.25, -0.2) is 0 Å². The average Bonchev–Trinajstić information content (AvgIpc) is 2.85. The fraction of sp³-hybridized carbons (Fsp3) is 0.259. The first-order valence-electron chi connectivity index (χ1n) is 11.0. The van der Waals surface area contributed by atoms with Crippen molar-refractivity contribution < 1.29 is 14.3 Å². The summed E-state index contributed by atoms with van der Waals surface area (Å²) in [6, 6.07) is 25.5. The van der Waals surface area contributed by atoms with Crippen molar-refractivity contribution in [3.05, 3.63) is 90.0 Å². The third-order valence-electron chi connectivity index (χ3n) is 5.95. The Labute approximate surface area is 189 Å². The van der Waals surface area contributed by atoms with Crippen molar-refractivity contribution >= 4 is 11.8 Å². The molecule has 0 aliphatic carbocycles. The molecular weight excluding hydrogens is 400 g/mol. The molecule has 0 aromatic heterocycles. The molecule has 5 nitrogen and oxygen atoms in total. The third-order valence-corrected chi connectivity index (χ3v) is 5.95. The zero-order valence-electron chi connectivity index (χ0n) is 18.3. The van der Waals surface area contributed by atoms with E-state index in [1.54, 1.807) is 7.11 Å². The number of hydrogen-bond donors (Lipinski definition) is 1. The predicted octanol–water partition coefficient (Wildman–Crippen LogP) is 4.33. The lowest BCUT2D eigenvalue weighted by molar-refractivity contribution is -0.131.